The first-order valence-corrected chi connectivity index (χ1v) is 7.55. The molecule has 0 aliphatic heterocycles. The summed E-state index contributed by atoms with van der Waals surface area (Å²) in [7, 11) is 0. The van der Waals surface area contributed by atoms with Crippen molar-refractivity contribution in [3.8, 4) is 0 Å². The largest absolute Gasteiger partial charge is 0.416 e. The van der Waals surface area contributed by atoms with Crippen LogP contribution in [-0.4, -0.2) is 18.4 Å². The molecule has 0 aliphatic rings. The number of hydrogen-bond acceptors (Lipinski definition) is 2. The van der Waals surface area contributed by atoms with E-state index in [1.165, 1.54) is 17.9 Å². The summed E-state index contributed by atoms with van der Waals surface area (Å²) < 4.78 is 37.6. The molecule has 0 atom stereocenters. The van der Waals surface area contributed by atoms with Crippen LogP contribution in [0, 0.1) is 0 Å². The highest BCUT2D eigenvalue weighted by Crippen LogP contribution is 2.29. The standard InChI is InChI=1S/C17H14ClF3N2O2/c1-11(24)23(15-4-2-3-13(18)9-15)10-16(25)22-14-7-5-12(6-8-14)17(19,20)21/h2-9H,10H2,1H3,(H,22,25). The van der Waals surface area contributed by atoms with E-state index < -0.39 is 17.6 Å². The van der Waals surface area contributed by atoms with Crippen LogP contribution >= 0.6 is 11.6 Å². The number of rotatable bonds is 4. The Hall–Kier alpha value is -2.54. The van der Waals surface area contributed by atoms with Crippen LogP contribution in [0.2, 0.25) is 5.02 Å². The molecule has 2 amide bonds. The van der Waals surface area contributed by atoms with Gasteiger partial charge in [0.1, 0.15) is 6.54 Å². The predicted molar refractivity (Wildman–Crippen MR) is 89.6 cm³/mol. The van der Waals surface area contributed by atoms with E-state index in [4.69, 9.17) is 11.6 Å². The lowest BCUT2D eigenvalue weighted by atomic mass is 10.2. The van der Waals surface area contributed by atoms with Crippen LogP contribution < -0.4 is 10.2 Å². The summed E-state index contributed by atoms with van der Waals surface area (Å²) >= 11 is 5.88. The van der Waals surface area contributed by atoms with Crippen molar-refractivity contribution in [1.29, 1.82) is 0 Å². The number of carbonyl (C=O) groups is 2. The van der Waals surface area contributed by atoms with Crippen LogP contribution in [-0.2, 0) is 15.8 Å². The molecule has 0 saturated carbocycles. The lowest BCUT2D eigenvalue weighted by Gasteiger charge is -2.21. The van der Waals surface area contributed by atoms with Crippen molar-refractivity contribution in [3.63, 3.8) is 0 Å². The quantitative estimate of drug-likeness (QED) is 0.869. The van der Waals surface area contributed by atoms with Gasteiger partial charge in [0.25, 0.3) is 0 Å². The van der Waals surface area contributed by atoms with Gasteiger partial charge >= 0.3 is 6.18 Å². The minimum atomic E-state index is -4.44. The topological polar surface area (TPSA) is 49.4 Å². The van der Waals surface area contributed by atoms with E-state index in [2.05, 4.69) is 5.32 Å². The molecular weight excluding hydrogens is 357 g/mol. The minimum Gasteiger partial charge on any atom is -0.325 e. The van der Waals surface area contributed by atoms with Crippen molar-refractivity contribution in [2.75, 3.05) is 16.8 Å². The molecule has 0 saturated heterocycles. The van der Waals surface area contributed by atoms with Crippen molar-refractivity contribution >= 4 is 34.8 Å². The van der Waals surface area contributed by atoms with Crippen LogP contribution in [0.15, 0.2) is 48.5 Å². The lowest BCUT2D eigenvalue weighted by molar-refractivity contribution is -0.137. The molecule has 2 aromatic carbocycles. The molecule has 2 aromatic rings. The van der Waals surface area contributed by atoms with E-state index in [1.807, 2.05) is 0 Å². The zero-order chi connectivity index (χ0) is 18.6. The summed E-state index contributed by atoms with van der Waals surface area (Å²) in [5.41, 5.74) is -0.162. The second-order valence-corrected chi connectivity index (χ2v) is 5.64. The molecule has 0 radical (unpaired) electrons. The fourth-order valence-corrected chi connectivity index (χ4v) is 2.30. The molecule has 0 spiro atoms. The van der Waals surface area contributed by atoms with Gasteiger partial charge in [-0.3, -0.25) is 9.59 Å². The molecule has 0 unspecified atom stereocenters. The fraction of sp³-hybridized carbons (Fsp3) is 0.176. The summed E-state index contributed by atoms with van der Waals surface area (Å²) in [5.74, 6) is -0.917. The number of alkyl halides is 3. The Bertz CT molecular complexity index is 776. The van der Waals surface area contributed by atoms with Crippen molar-refractivity contribution < 1.29 is 22.8 Å². The highest BCUT2D eigenvalue weighted by Gasteiger charge is 2.30. The predicted octanol–water partition coefficient (Wildman–Crippen LogP) is 4.35. The number of carbonyl (C=O) groups excluding carboxylic acids is 2. The average molecular weight is 371 g/mol. The van der Waals surface area contributed by atoms with Gasteiger partial charge in [-0.2, -0.15) is 13.2 Å². The van der Waals surface area contributed by atoms with Crippen LogP contribution in [0.5, 0.6) is 0 Å². The van der Waals surface area contributed by atoms with E-state index in [9.17, 15) is 22.8 Å². The molecule has 0 bridgehead atoms. The van der Waals surface area contributed by atoms with Gasteiger partial charge in [-0.1, -0.05) is 17.7 Å². The summed E-state index contributed by atoms with van der Waals surface area (Å²) in [4.78, 5) is 25.1. The Morgan fingerprint density at radius 1 is 1.12 bits per heavy atom. The molecule has 25 heavy (non-hydrogen) atoms. The van der Waals surface area contributed by atoms with Crippen molar-refractivity contribution in [1.82, 2.24) is 0 Å². The Balaban J connectivity index is 2.08. The van der Waals surface area contributed by atoms with Crippen molar-refractivity contribution in [2.24, 2.45) is 0 Å². The number of nitrogens with zero attached hydrogens (tertiary/aromatic N) is 1. The molecule has 0 heterocycles. The highest BCUT2D eigenvalue weighted by molar-refractivity contribution is 6.31. The van der Waals surface area contributed by atoms with E-state index in [0.717, 1.165) is 24.3 Å². The van der Waals surface area contributed by atoms with Gasteiger partial charge in [-0.15, -0.1) is 0 Å². The number of anilines is 2. The minimum absolute atomic E-state index is 0.201. The maximum atomic E-state index is 12.5. The molecule has 0 aromatic heterocycles. The first kappa shape index (κ1) is 18.8. The summed E-state index contributed by atoms with van der Waals surface area (Å²) in [6, 6.07) is 10.5. The second kappa shape index (κ2) is 7.57. The highest BCUT2D eigenvalue weighted by atomic mass is 35.5. The molecule has 2 rings (SSSR count). The second-order valence-electron chi connectivity index (χ2n) is 5.21. The van der Waals surface area contributed by atoms with E-state index in [-0.39, 0.29) is 18.1 Å². The summed E-state index contributed by atoms with van der Waals surface area (Å²) in [6.07, 6.45) is -4.44. The molecule has 0 aliphatic carbocycles. The maximum Gasteiger partial charge on any atom is 0.416 e. The Kier molecular flexibility index (Phi) is 5.69. The smallest absolute Gasteiger partial charge is 0.325 e. The third kappa shape index (κ3) is 5.22. The number of benzene rings is 2. The van der Waals surface area contributed by atoms with Crippen LogP contribution in [0.4, 0.5) is 24.5 Å². The fourth-order valence-electron chi connectivity index (χ4n) is 2.12. The SMILES string of the molecule is CC(=O)N(CC(=O)Nc1ccc(C(F)(F)F)cc1)c1cccc(Cl)c1. The third-order valence-electron chi connectivity index (χ3n) is 3.30. The van der Waals surface area contributed by atoms with Crippen molar-refractivity contribution in [3.05, 3.63) is 59.1 Å². The third-order valence-corrected chi connectivity index (χ3v) is 3.53. The maximum absolute atomic E-state index is 12.5. The van der Waals surface area contributed by atoms with Gasteiger partial charge in [-0.05, 0) is 42.5 Å². The summed E-state index contributed by atoms with van der Waals surface area (Å²) in [6.45, 7) is 1.00. The first-order valence-electron chi connectivity index (χ1n) is 7.17. The van der Waals surface area contributed by atoms with E-state index in [0.29, 0.717) is 10.7 Å². The van der Waals surface area contributed by atoms with Gasteiger partial charge in [-0.25, -0.2) is 0 Å². The molecule has 1 N–H and O–H groups in total. The van der Waals surface area contributed by atoms with Gasteiger partial charge < -0.3 is 10.2 Å². The molecule has 0 fully saturated rings. The van der Waals surface area contributed by atoms with Gasteiger partial charge in [0.05, 0.1) is 5.56 Å². The van der Waals surface area contributed by atoms with Gasteiger partial charge in [0, 0.05) is 23.3 Å². The average Bonchev–Trinajstić information content (AvgIpc) is 2.52. The Morgan fingerprint density at radius 3 is 2.28 bits per heavy atom. The van der Waals surface area contributed by atoms with Crippen molar-refractivity contribution in [2.45, 2.75) is 13.1 Å². The summed E-state index contributed by atoms with van der Waals surface area (Å²) in [5, 5.41) is 2.87. The molecule has 8 heteroatoms. The lowest BCUT2D eigenvalue weighted by Crippen LogP contribution is -2.36. The first-order chi connectivity index (χ1) is 11.7. The number of halogens is 4. The monoisotopic (exact) mass is 370 g/mol. The van der Waals surface area contributed by atoms with Crippen LogP contribution in [0.1, 0.15) is 12.5 Å². The zero-order valence-corrected chi connectivity index (χ0v) is 13.9. The Labute approximate surface area is 147 Å². The number of amides is 2. The van der Waals surface area contributed by atoms with E-state index in [1.54, 1.807) is 18.2 Å². The zero-order valence-electron chi connectivity index (χ0n) is 13.1. The Morgan fingerprint density at radius 2 is 1.76 bits per heavy atom. The normalized spacial score (nSPS) is 11.1. The van der Waals surface area contributed by atoms with Crippen LogP contribution in [0.3, 0.4) is 0 Å². The van der Waals surface area contributed by atoms with Gasteiger partial charge in [0.15, 0.2) is 0 Å². The molecule has 132 valence electrons. The molecular formula is C17H14ClF3N2O2. The van der Waals surface area contributed by atoms with Crippen LogP contribution in [0.25, 0.3) is 0 Å². The van der Waals surface area contributed by atoms with E-state index >= 15 is 0 Å². The number of hydrogen-bond donors (Lipinski definition) is 1. The van der Waals surface area contributed by atoms with Gasteiger partial charge in [0.2, 0.25) is 11.8 Å². The number of nitrogens with one attached hydrogen (secondary N) is 1. The molecule has 4 nitrogen and oxygen atoms in total.